The quantitative estimate of drug-likeness (QED) is 0.794. The Kier molecular flexibility index (Phi) is 3.64. The molecule has 3 heteroatoms. The largest absolute Gasteiger partial charge is 0.466 e. The van der Waals surface area contributed by atoms with Gasteiger partial charge in [-0.05, 0) is 48.9 Å². The summed E-state index contributed by atoms with van der Waals surface area (Å²) in [4.78, 5) is 11.4. The lowest BCUT2D eigenvalue weighted by molar-refractivity contribution is -0.143. The van der Waals surface area contributed by atoms with Crippen LogP contribution in [0.1, 0.15) is 36.8 Å². The molecule has 0 saturated carbocycles. The Morgan fingerprint density at radius 2 is 2.38 bits per heavy atom. The van der Waals surface area contributed by atoms with E-state index in [9.17, 15) is 4.79 Å². The lowest BCUT2D eigenvalue weighted by atomic mass is 9.98. The van der Waals surface area contributed by atoms with Crippen molar-refractivity contribution in [2.24, 2.45) is 0 Å². The Bertz CT molecular complexity index is 401. The summed E-state index contributed by atoms with van der Waals surface area (Å²) < 4.78 is 6.11. The summed E-state index contributed by atoms with van der Waals surface area (Å²) in [6, 6.07) is 6.32. The van der Waals surface area contributed by atoms with Crippen LogP contribution >= 0.6 is 15.9 Å². The van der Waals surface area contributed by atoms with Crippen molar-refractivity contribution in [2.75, 3.05) is 6.61 Å². The Morgan fingerprint density at radius 3 is 3.12 bits per heavy atom. The van der Waals surface area contributed by atoms with E-state index in [2.05, 4.69) is 28.1 Å². The molecule has 0 spiro atoms. The van der Waals surface area contributed by atoms with E-state index in [0.29, 0.717) is 18.9 Å². The highest BCUT2D eigenvalue weighted by Gasteiger charge is 2.25. The van der Waals surface area contributed by atoms with Crippen molar-refractivity contribution in [3.8, 4) is 0 Å². The molecule has 2 rings (SSSR count). The fraction of sp³-hybridized carbons (Fsp3) is 0.462. The van der Waals surface area contributed by atoms with Gasteiger partial charge in [0.05, 0.1) is 13.0 Å². The zero-order valence-corrected chi connectivity index (χ0v) is 10.9. The summed E-state index contributed by atoms with van der Waals surface area (Å²) in [5.41, 5.74) is 2.68. The number of halogens is 1. The molecule has 16 heavy (non-hydrogen) atoms. The second-order valence-electron chi connectivity index (χ2n) is 4.09. The summed E-state index contributed by atoms with van der Waals surface area (Å²) in [5, 5.41) is 0. The van der Waals surface area contributed by atoms with Crippen molar-refractivity contribution in [3.05, 3.63) is 33.8 Å². The minimum atomic E-state index is -0.0803. The zero-order valence-electron chi connectivity index (χ0n) is 9.33. The third-order valence-electron chi connectivity index (χ3n) is 3.03. The van der Waals surface area contributed by atoms with Gasteiger partial charge in [0.2, 0.25) is 0 Å². The lowest BCUT2D eigenvalue weighted by Gasteiger charge is -2.10. The third-order valence-corrected chi connectivity index (χ3v) is 3.52. The van der Waals surface area contributed by atoms with Gasteiger partial charge >= 0.3 is 5.97 Å². The van der Waals surface area contributed by atoms with Gasteiger partial charge < -0.3 is 4.74 Å². The molecule has 1 aliphatic carbocycles. The predicted octanol–water partition coefficient (Wildman–Crippen LogP) is 3.43. The van der Waals surface area contributed by atoms with Gasteiger partial charge in [-0.3, -0.25) is 4.79 Å². The number of carbonyl (C=O) groups is 1. The van der Waals surface area contributed by atoms with Gasteiger partial charge in [-0.1, -0.05) is 22.0 Å². The monoisotopic (exact) mass is 282 g/mol. The summed E-state index contributed by atoms with van der Waals surface area (Å²) >= 11 is 3.47. The van der Waals surface area contributed by atoms with Crippen LogP contribution in [0.15, 0.2) is 22.7 Å². The number of fused-ring (bicyclic) bond motifs is 1. The van der Waals surface area contributed by atoms with Crippen LogP contribution in [0.3, 0.4) is 0 Å². The molecule has 0 aromatic heterocycles. The standard InChI is InChI=1S/C13H15BrO2/c1-2-16-13(15)8-10-4-3-9-7-11(14)5-6-12(9)10/h5-7,10H,2-4,8H2,1H3. The van der Waals surface area contributed by atoms with E-state index < -0.39 is 0 Å². The molecule has 0 radical (unpaired) electrons. The van der Waals surface area contributed by atoms with Crippen molar-refractivity contribution < 1.29 is 9.53 Å². The molecule has 0 amide bonds. The minimum absolute atomic E-state index is 0.0803. The van der Waals surface area contributed by atoms with Crippen molar-refractivity contribution in [2.45, 2.75) is 32.1 Å². The molecule has 1 aromatic carbocycles. The maximum absolute atomic E-state index is 11.4. The predicted molar refractivity (Wildman–Crippen MR) is 66.5 cm³/mol. The van der Waals surface area contributed by atoms with E-state index in [-0.39, 0.29) is 5.97 Å². The average molecular weight is 283 g/mol. The van der Waals surface area contributed by atoms with E-state index >= 15 is 0 Å². The second kappa shape index (κ2) is 5.00. The van der Waals surface area contributed by atoms with Crippen LogP contribution in [0.25, 0.3) is 0 Å². The topological polar surface area (TPSA) is 26.3 Å². The van der Waals surface area contributed by atoms with E-state index in [1.165, 1.54) is 11.1 Å². The van der Waals surface area contributed by atoms with Gasteiger partial charge in [0, 0.05) is 4.47 Å². The Morgan fingerprint density at radius 1 is 1.56 bits per heavy atom. The van der Waals surface area contributed by atoms with Crippen molar-refractivity contribution in [3.63, 3.8) is 0 Å². The van der Waals surface area contributed by atoms with Gasteiger partial charge in [0.1, 0.15) is 0 Å². The van der Waals surface area contributed by atoms with Crippen molar-refractivity contribution in [1.29, 1.82) is 0 Å². The minimum Gasteiger partial charge on any atom is -0.466 e. The Balaban J connectivity index is 2.09. The normalized spacial score (nSPS) is 18.2. The van der Waals surface area contributed by atoms with Gasteiger partial charge in [0.25, 0.3) is 0 Å². The molecular weight excluding hydrogens is 268 g/mol. The first kappa shape index (κ1) is 11.6. The van der Waals surface area contributed by atoms with Crippen LogP contribution < -0.4 is 0 Å². The molecule has 0 aliphatic heterocycles. The first-order chi connectivity index (χ1) is 7.70. The van der Waals surface area contributed by atoms with E-state index in [4.69, 9.17) is 4.74 Å². The van der Waals surface area contributed by atoms with Gasteiger partial charge in [-0.25, -0.2) is 0 Å². The first-order valence-corrected chi connectivity index (χ1v) is 6.44. The van der Waals surface area contributed by atoms with E-state index in [1.807, 2.05) is 13.0 Å². The van der Waals surface area contributed by atoms with Crippen LogP contribution in [-0.4, -0.2) is 12.6 Å². The number of hydrogen-bond acceptors (Lipinski definition) is 2. The molecule has 0 bridgehead atoms. The van der Waals surface area contributed by atoms with E-state index in [1.54, 1.807) is 0 Å². The number of aryl methyl sites for hydroxylation is 1. The molecule has 1 unspecified atom stereocenters. The molecule has 0 heterocycles. The number of esters is 1. The Labute approximate surface area is 104 Å². The van der Waals surface area contributed by atoms with E-state index in [0.717, 1.165) is 17.3 Å². The smallest absolute Gasteiger partial charge is 0.306 e. The number of hydrogen-bond donors (Lipinski definition) is 0. The molecule has 1 aliphatic rings. The van der Waals surface area contributed by atoms with Crippen LogP contribution in [0.5, 0.6) is 0 Å². The van der Waals surface area contributed by atoms with Crippen LogP contribution in [0, 0.1) is 0 Å². The summed E-state index contributed by atoms with van der Waals surface area (Å²) in [5.74, 6) is 0.269. The van der Waals surface area contributed by atoms with Crippen molar-refractivity contribution in [1.82, 2.24) is 0 Å². The number of benzene rings is 1. The molecule has 1 atom stereocenters. The molecule has 86 valence electrons. The third kappa shape index (κ3) is 2.46. The molecule has 1 aromatic rings. The highest BCUT2D eigenvalue weighted by Crippen LogP contribution is 2.36. The van der Waals surface area contributed by atoms with Gasteiger partial charge in [-0.15, -0.1) is 0 Å². The summed E-state index contributed by atoms with van der Waals surface area (Å²) in [6.07, 6.45) is 2.64. The van der Waals surface area contributed by atoms with Gasteiger partial charge in [0.15, 0.2) is 0 Å². The summed E-state index contributed by atoms with van der Waals surface area (Å²) in [7, 11) is 0. The van der Waals surface area contributed by atoms with Gasteiger partial charge in [-0.2, -0.15) is 0 Å². The molecule has 0 N–H and O–H groups in total. The average Bonchev–Trinajstić information content (AvgIpc) is 2.61. The second-order valence-corrected chi connectivity index (χ2v) is 5.00. The van der Waals surface area contributed by atoms with Crippen LogP contribution in [0.4, 0.5) is 0 Å². The van der Waals surface area contributed by atoms with Crippen LogP contribution in [-0.2, 0) is 16.0 Å². The molecular formula is C13H15BrO2. The number of ether oxygens (including phenoxy) is 1. The summed E-state index contributed by atoms with van der Waals surface area (Å²) in [6.45, 7) is 2.32. The lowest BCUT2D eigenvalue weighted by Crippen LogP contribution is -2.08. The fourth-order valence-electron chi connectivity index (χ4n) is 2.31. The maximum Gasteiger partial charge on any atom is 0.306 e. The highest BCUT2D eigenvalue weighted by atomic mass is 79.9. The SMILES string of the molecule is CCOC(=O)CC1CCc2cc(Br)ccc21. The zero-order chi connectivity index (χ0) is 11.5. The molecule has 2 nitrogen and oxygen atoms in total. The number of carbonyl (C=O) groups excluding carboxylic acids is 1. The fourth-order valence-corrected chi connectivity index (χ4v) is 2.72. The Hall–Kier alpha value is -0.830. The maximum atomic E-state index is 11.4. The molecule has 0 fully saturated rings. The highest BCUT2D eigenvalue weighted by molar-refractivity contribution is 9.10. The molecule has 0 saturated heterocycles. The first-order valence-electron chi connectivity index (χ1n) is 5.64. The van der Waals surface area contributed by atoms with Crippen molar-refractivity contribution >= 4 is 21.9 Å². The van der Waals surface area contributed by atoms with Crippen LogP contribution in [0.2, 0.25) is 0 Å². The number of rotatable bonds is 3.